The van der Waals surface area contributed by atoms with E-state index in [0.717, 1.165) is 43.6 Å². The Morgan fingerprint density at radius 3 is 2.41 bits per heavy atom. The molecule has 1 aliphatic heterocycles. The number of urea groups is 1. The second-order valence-corrected chi connectivity index (χ2v) is 11.6. The summed E-state index contributed by atoms with van der Waals surface area (Å²) in [6.45, 7) is 1.59. The fraction of sp³-hybridized carbons (Fsp3) is 0.344. The van der Waals surface area contributed by atoms with Crippen LogP contribution in [0.5, 0.6) is 0 Å². The maximum Gasteiger partial charge on any atom is 0.315 e. The van der Waals surface area contributed by atoms with Crippen LogP contribution in [-0.4, -0.2) is 42.5 Å². The summed E-state index contributed by atoms with van der Waals surface area (Å²) in [5.74, 6) is -1.93. The molecule has 41 heavy (non-hydrogen) atoms. The minimum absolute atomic E-state index is 0.0417. The lowest BCUT2D eigenvalue weighted by atomic mass is 9.98. The van der Waals surface area contributed by atoms with E-state index < -0.39 is 17.9 Å². The topological polar surface area (TPSA) is 98.7 Å². The number of aryl methyl sites for hydroxylation is 1. The van der Waals surface area contributed by atoms with Crippen LogP contribution in [0.4, 0.5) is 10.5 Å². The van der Waals surface area contributed by atoms with E-state index in [9.17, 15) is 19.5 Å². The Hall–Kier alpha value is -3.55. The first-order valence-electron chi connectivity index (χ1n) is 14.0. The Morgan fingerprint density at radius 2 is 1.68 bits per heavy atom. The van der Waals surface area contributed by atoms with Crippen molar-refractivity contribution in [3.63, 3.8) is 0 Å². The molecule has 3 N–H and O–H groups in total. The molecule has 0 bridgehead atoms. The molecule has 2 aliphatic rings. The van der Waals surface area contributed by atoms with Crippen molar-refractivity contribution in [1.29, 1.82) is 0 Å². The molecule has 1 fully saturated rings. The van der Waals surface area contributed by atoms with Crippen LogP contribution in [-0.2, 0) is 11.2 Å². The summed E-state index contributed by atoms with van der Waals surface area (Å²) in [7, 11) is 0. The number of Topliss-reactive ketones (excluding diaryl/α,β-unsaturated/α-hetero) is 1. The number of benzene rings is 3. The zero-order valence-corrected chi connectivity index (χ0v) is 24.1. The van der Waals surface area contributed by atoms with Crippen LogP contribution in [0.1, 0.15) is 64.7 Å². The summed E-state index contributed by atoms with van der Waals surface area (Å²) in [4.78, 5) is 39.7. The van der Waals surface area contributed by atoms with Crippen LogP contribution in [0.2, 0.25) is 10.0 Å². The fourth-order valence-electron chi connectivity index (χ4n) is 5.88. The molecule has 1 saturated heterocycles. The molecule has 2 amide bonds. The molecule has 214 valence electrons. The SMILES string of the molecule is O=C(NC[C@H](CCC(=O)c1c(Cl)cc(N2CC[C@H](c3ccccc3)C2)cc1Cl)C(=O)O)NC1CCc2ccccc21. The van der Waals surface area contributed by atoms with Crippen molar-refractivity contribution in [2.24, 2.45) is 5.92 Å². The number of carbonyl (C=O) groups excluding carboxylic acids is 2. The Morgan fingerprint density at radius 1 is 0.976 bits per heavy atom. The third kappa shape index (κ3) is 6.85. The molecule has 0 spiro atoms. The average molecular weight is 595 g/mol. The number of carboxylic acids is 1. The number of rotatable bonds is 10. The average Bonchev–Trinajstić information content (AvgIpc) is 3.61. The number of nitrogens with one attached hydrogen (secondary N) is 2. The van der Waals surface area contributed by atoms with Gasteiger partial charge in [-0.15, -0.1) is 0 Å². The summed E-state index contributed by atoms with van der Waals surface area (Å²) < 4.78 is 0. The van der Waals surface area contributed by atoms with E-state index in [4.69, 9.17) is 23.2 Å². The maximum atomic E-state index is 13.1. The summed E-state index contributed by atoms with van der Waals surface area (Å²) in [5.41, 5.74) is 4.65. The van der Waals surface area contributed by atoms with Crippen molar-refractivity contribution in [3.05, 3.63) is 99.0 Å². The number of anilines is 1. The summed E-state index contributed by atoms with van der Waals surface area (Å²) >= 11 is 13.1. The van der Waals surface area contributed by atoms with Gasteiger partial charge in [0, 0.05) is 37.7 Å². The molecular formula is C32H33Cl2N3O4. The van der Waals surface area contributed by atoms with E-state index in [0.29, 0.717) is 5.92 Å². The molecule has 9 heteroatoms. The van der Waals surface area contributed by atoms with Gasteiger partial charge in [-0.05, 0) is 54.5 Å². The molecule has 3 aromatic rings. The highest BCUT2D eigenvalue weighted by Gasteiger charge is 2.28. The number of halogens is 2. The van der Waals surface area contributed by atoms with Gasteiger partial charge in [0.2, 0.25) is 0 Å². The second kappa shape index (κ2) is 13.0. The number of fused-ring (bicyclic) bond motifs is 1. The number of ketones is 1. The monoisotopic (exact) mass is 593 g/mol. The lowest BCUT2D eigenvalue weighted by molar-refractivity contribution is -0.141. The number of hydrogen-bond acceptors (Lipinski definition) is 4. The minimum Gasteiger partial charge on any atom is -0.481 e. The van der Waals surface area contributed by atoms with Crippen molar-refractivity contribution in [1.82, 2.24) is 10.6 Å². The molecule has 0 radical (unpaired) electrons. The summed E-state index contributed by atoms with van der Waals surface area (Å²) in [6.07, 6.45) is 2.68. The van der Waals surface area contributed by atoms with Crippen molar-refractivity contribution < 1.29 is 19.5 Å². The Labute approximate surface area is 249 Å². The van der Waals surface area contributed by atoms with Gasteiger partial charge in [0.1, 0.15) is 0 Å². The normalized spacial score (nSPS) is 18.5. The third-order valence-corrected chi connectivity index (χ3v) is 8.74. The van der Waals surface area contributed by atoms with E-state index in [1.165, 1.54) is 11.1 Å². The van der Waals surface area contributed by atoms with Crippen LogP contribution in [0.25, 0.3) is 0 Å². The highest BCUT2D eigenvalue weighted by atomic mass is 35.5. The number of carbonyl (C=O) groups is 3. The van der Waals surface area contributed by atoms with Gasteiger partial charge in [-0.25, -0.2) is 4.79 Å². The molecule has 0 saturated carbocycles. The first-order valence-corrected chi connectivity index (χ1v) is 14.7. The molecule has 0 aromatic heterocycles. The van der Waals surface area contributed by atoms with Gasteiger partial charge >= 0.3 is 12.0 Å². The van der Waals surface area contributed by atoms with Crippen LogP contribution in [0, 0.1) is 5.92 Å². The van der Waals surface area contributed by atoms with Crippen molar-refractivity contribution in [2.75, 3.05) is 24.5 Å². The zero-order valence-electron chi connectivity index (χ0n) is 22.6. The van der Waals surface area contributed by atoms with E-state index in [1.807, 2.05) is 42.5 Å². The smallest absolute Gasteiger partial charge is 0.315 e. The van der Waals surface area contributed by atoms with Gasteiger partial charge in [0.15, 0.2) is 5.78 Å². The number of amides is 2. The van der Waals surface area contributed by atoms with Crippen LogP contribution in [0.15, 0.2) is 66.7 Å². The van der Waals surface area contributed by atoms with Gasteiger partial charge in [-0.2, -0.15) is 0 Å². The molecule has 1 heterocycles. The van der Waals surface area contributed by atoms with Crippen molar-refractivity contribution >= 4 is 46.7 Å². The molecule has 3 aromatic carbocycles. The molecule has 3 atom stereocenters. The number of nitrogens with zero attached hydrogens (tertiary/aromatic N) is 1. The quantitative estimate of drug-likeness (QED) is 0.229. The van der Waals surface area contributed by atoms with Gasteiger partial charge in [0.25, 0.3) is 0 Å². The Bertz CT molecular complexity index is 1410. The number of hydrogen-bond donors (Lipinski definition) is 3. The predicted molar refractivity (Wildman–Crippen MR) is 161 cm³/mol. The molecular weight excluding hydrogens is 561 g/mol. The van der Waals surface area contributed by atoms with Crippen LogP contribution >= 0.6 is 23.2 Å². The summed E-state index contributed by atoms with van der Waals surface area (Å²) in [6, 6.07) is 21.3. The van der Waals surface area contributed by atoms with Crippen LogP contribution in [0.3, 0.4) is 0 Å². The van der Waals surface area contributed by atoms with E-state index in [1.54, 1.807) is 12.1 Å². The maximum absolute atomic E-state index is 13.1. The molecule has 1 unspecified atom stereocenters. The summed E-state index contributed by atoms with van der Waals surface area (Å²) in [5, 5.41) is 15.8. The highest BCUT2D eigenvalue weighted by Crippen LogP contribution is 2.36. The van der Waals surface area contributed by atoms with E-state index in [2.05, 4.69) is 27.7 Å². The first kappa shape index (κ1) is 29.0. The fourth-order valence-corrected chi connectivity index (χ4v) is 6.56. The van der Waals surface area contributed by atoms with Gasteiger partial charge in [0.05, 0.1) is 27.6 Å². The van der Waals surface area contributed by atoms with E-state index >= 15 is 0 Å². The van der Waals surface area contributed by atoms with Crippen molar-refractivity contribution in [3.8, 4) is 0 Å². The van der Waals surface area contributed by atoms with Gasteiger partial charge in [-0.1, -0.05) is 77.8 Å². The molecule has 7 nitrogen and oxygen atoms in total. The largest absolute Gasteiger partial charge is 0.481 e. The minimum atomic E-state index is -1.08. The van der Waals surface area contributed by atoms with Gasteiger partial charge < -0.3 is 20.6 Å². The second-order valence-electron chi connectivity index (χ2n) is 10.8. The zero-order chi connectivity index (χ0) is 28.9. The predicted octanol–water partition coefficient (Wildman–Crippen LogP) is 6.64. The van der Waals surface area contributed by atoms with Crippen LogP contribution < -0.4 is 15.5 Å². The Balaban J connectivity index is 1.15. The number of carboxylic acid groups (broad SMARTS) is 1. The molecule has 1 aliphatic carbocycles. The van der Waals surface area contributed by atoms with E-state index in [-0.39, 0.29) is 46.8 Å². The lowest BCUT2D eigenvalue weighted by Crippen LogP contribution is -2.41. The lowest BCUT2D eigenvalue weighted by Gasteiger charge is -2.21. The van der Waals surface area contributed by atoms with Gasteiger partial charge in [-0.3, -0.25) is 9.59 Å². The Kier molecular flexibility index (Phi) is 9.15. The standard InChI is InChI=1S/C32H33Cl2N3O4/c33-26-16-24(37-15-14-23(19-37)20-6-2-1-3-7-20)17-27(34)30(26)29(38)13-11-22(31(39)40)18-35-32(41)36-28-12-10-21-8-4-5-9-25(21)28/h1-9,16-17,22-23,28H,10-15,18-19H2,(H,39,40)(H2,35,36,41)/t22-,23-,28?/m0/s1. The third-order valence-electron chi connectivity index (χ3n) is 8.15. The first-order chi connectivity index (χ1) is 19.8. The molecule has 5 rings (SSSR count). The number of aliphatic carboxylic acids is 1. The highest BCUT2D eigenvalue weighted by molar-refractivity contribution is 6.40. The van der Waals surface area contributed by atoms with Crippen molar-refractivity contribution in [2.45, 2.75) is 44.1 Å².